The fourth-order valence-electron chi connectivity index (χ4n) is 1.50. The first-order valence-corrected chi connectivity index (χ1v) is 5.00. The van der Waals surface area contributed by atoms with Gasteiger partial charge in [-0.05, 0) is 12.1 Å². The maximum atomic E-state index is 11.5. The smallest absolute Gasteiger partial charge is 0.242 e. The second-order valence-electron chi connectivity index (χ2n) is 3.67. The van der Waals surface area contributed by atoms with Crippen molar-refractivity contribution < 1.29 is 9.90 Å². The third kappa shape index (κ3) is 2.47. The summed E-state index contributed by atoms with van der Waals surface area (Å²) in [5.41, 5.74) is 0.937. The maximum Gasteiger partial charge on any atom is 0.242 e. The number of hydrogen-bond acceptors (Lipinski definition) is 3. The van der Waals surface area contributed by atoms with Crippen LogP contribution in [0.3, 0.4) is 0 Å². The van der Waals surface area contributed by atoms with E-state index in [1.807, 2.05) is 30.3 Å². The Kier molecular flexibility index (Phi) is 2.87. The van der Waals surface area contributed by atoms with Gasteiger partial charge in [-0.15, -0.1) is 0 Å². The van der Waals surface area contributed by atoms with Gasteiger partial charge in [-0.2, -0.15) is 0 Å². The molecule has 0 radical (unpaired) electrons. The van der Waals surface area contributed by atoms with Crippen LogP contribution < -0.4 is 5.32 Å². The van der Waals surface area contributed by atoms with Crippen LogP contribution in [-0.2, 0) is 4.79 Å². The molecule has 0 aliphatic carbocycles. The number of likely N-dealkylation sites (tertiary alicyclic amines) is 1. The third-order valence-electron chi connectivity index (χ3n) is 2.43. The number of para-hydroxylation sites is 1. The van der Waals surface area contributed by atoms with E-state index in [0.29, 0.717) is 13.1 Å². The molecule has 1 saturated heterocycles. The summed E-state index contributed by atoms with van der Waals surface area (Å²) >= 11 is 0. The Labute approximate surface area is 88.5 Å². The Morgan fingerprint density at radius 1 is 1.40 bits per heavy atom. The molecule has 4 heteroatoms. The summed E-state index contributed by atoms with van der Waals surface area (Å²) in [7, 11) is 0. The zero-order valence-corrected chi connectivity index (χ0v) is 8.39. The highest BCUT2D eigenvalue weighted by atomic mass is 16.3. The van der Waals surface area contributed by atoms with Gasteiger partial charge in [0.2, 0.25) is 5.91 Å². The number of hydrogen-bond donors (Lipinski definition) is 2. The number of carbonyl (C=O) groups is 1. The van der Waals surface area contributed by atoms with Crippen LogP contribution in [0, 0.1) is 0 Å². The molecule has 2 rings (SSSR count). The van der Waals surface area contributed by atoms with Crippen molar-refractivity contribution >= 4 is 11.6 Å². The van der Waals surface area contributed by atoms with Gasteiger partial charge in [0.1, 0.15) is 0 Å². The van der Waals surface area contributed by atoms with Crippen LogP contribution in [0.5, 0.6) is 0 Å². The second-order valence-corrected chi connectivity index (χ2v) is 3.67. The van der Waals surface area contributed by atoms with Crippen molar-refractivity contribution in [1.82, 2.24) is 4.90 Å². The maximum absolute atomic E-state index is 11.5. The van der Waals surface area contributed by atoms with E-state index in [1.54, 1.807) is 4.90 Å². The van der Waals surface area contributed by atoms with Gasteiger partial charge in [-0.3, -0.25) is 4.79 Å². The Bertz CT molecular complexity index is 334. The largest absolute Gasteiger partial charge is 0.389 e. The highest BCUT2D eigenvalue weighted by Gasteiger charge is 2.28. The van der Waals surface area contributed by atoms with Crippen molar-refractivity contribution in [2.45, 2.75) is 6.10 Å². The molecule has 1 fully saturated rings. The molecule has 0 bridgehead atoms. The minimum absolute atomic E-state index is 0.0316. The van der Waals surface area contributed by atoms with E-state index < -0.39 is 0 Å². The predicted molar refractivity (Wildman–Crippen MR) is 57.5 cm³/mol. The lowest BCUT2D eigenvalue weighted by Gasteiger charge is -2.35. The average Bonchev–Trinajstić information content (AvgIpc) is 2.23. The first kappa shape index (κ1) is 9.98. The molecule has 1 aliphatic rings. The summed E-state index contributed by atoms with van der Waals surface area (Å²) in [5, 5.41) is 12.1. The van der Waals surface area contributed by atoms with E-state index in [4.69, 9.17) is 5.11 Å². The van der Waals surface area contributed by atoms with E-state index in [1.165, 1.54) is 0 Å². The number of nitrogens with zero attached hydrogens (tertiary/aromatic N) is 1. The zero-order chi connectivity index (χ0) is 10.7. The highest BCUT2D eigenvalue weighted by Crippen LogP contribution is 2.09. The van der Waals surface area contributed by atoms with E-state index in [2.05, 4.69) is 5.32 Å². The van der Waals surface area contributed by atoms with Crippen LogP contribution in [0.15, 0.2) is 30.3 Å². The minimum Gasteiger partial charge on any atom is -0.389 e. The number of anilines is 1. The SMILES string of the molecule is O=C(CNc1ccccc1)N1CC(O)C1. The standard InChI is InChI=1S/C11H14N2O2/c14-10-7-13(8-10)11(15)6-12-9-4-2-1-3-5-9/h1-5,10,12,14H,6-8H2. The molecule has 1 amide bonds. The van der Waals surface area contributed by atoms with E-state index in [9.17, 15) is 4.79 Å². The van der Waals surface area contributed by atoms with Gasteiger partial charge in [0.15, 0.2) is 0 Å². The molecule has 1 aromatic carbocycles. The van der Waals surface area contributed by atoms with Crippen molar-refractivity contribution in [2.75, 3.05) is 25.0 Å². The van der Waals surface area contributed by atoms with Gasteiger partial charge in [0.05, 0.1) is 12.6 Å². The first-order chi connectivity index (χ1) is 7.25. The minimum atomic E-state index is -0.328. The van der Waals surface area contributed by atoms with Crippen LogP contribution in [0.1, 0.15) is 0 Å². The number of aliphatic hydroxyl groups excluding tert-OH is 1. The van der Waals surface area contributed by atoms with Gasteiger partial charge in [0.25, 0.3) is 0 Å². The summed E-state index contributed by atoms with van der Waals surface area (Å²) < 4.78 is 0. The number of nitrogens with one attached hydrogen (secondary N) is 1. The fourth-order valence-corrected chi connectivity index (χ4v) is 1.50. The molecule has 0 saturated carbocycles. The van der Waals surface area contributed by atoms with Gasteiger partial charge in [-0.25, -0.2) is 0 Å². The molecule has 15 heavy (non-hydrogen) atoms. The molecule has 80 valence electrons. The van der Waals surface area contributed by atoms with Gasteiger partial charge >= 0.3 is 0 Å². The molecule has 1 heterocycles. The molecule has 4 nitrogen and oxygen atoms in total. The van der Waals surface area contributed by atoms with Crippen LogP contribution in [0.2, 0.25) is 0 Å². The van der Waals surface area contributed by atoms with Crippen molar-refractivity contribution in [1.29, 1.82) is 0 Å². The van der Waals surface area contributed by atoms with E-state index in [0.717, 1.165) is 5.69 Å². The lowest BCUT2D eigenvalue weighted by molar-refractivity contribution is -0.139. The number of amides is 1. The molecule has 2 N–H and O–H groups in total. The highest BCUT2D eigenvalue weighted by molar-refractivity contribution is 5.81. The Morgan fingerprint density at radius 3 is 2.67 bits per heavy atom. The van der Waals surface area contributed by atoms with Crippen LogP contribution >= 0.6 is 0 Å². The molecule has 1 aromatic rings. The van der Waals surface area contributed by atoms with Crippen molar-refractivity contribution in [3.05, 3.63) is 30.3 Å². The summed E-state index contributed by atoms with van der Waals surface area (Å²) in [6.45, 7) is 1.22. The van der Waals surface area contributed by atoms with Crippen molar-refractivity contribution in [2.24, 2.45) is 0 Å². The lowest BCUT2D eigenvalue weighted by atomic mass is 10.2. The Morgan fingerprint density at radius 2 is 2.07 bits per heavy atom. The molecule has 0 aromatic heterocycles. The van der Waals surface area contributed by atoms with Crippen LogP contribution in [-0.4, -0.2) is 41.7 Å². The summed E-state index contributed by atoms with van der Waals surface area (Å²) in [6, 6.07) is 9.59. The van der Waals surface area contributed by atoms with E-state index in [-0.39, 0.29) is 18.6 Å². The number of rotatable bonds is 3. The van der Waals surface area contributed by atoms with Gasteiger partial charge in [0, 0.05) is 18.8 Å². The monoisotopic (exact) mass is 206 g/mol. The average molecular weight is 206 g/mol. The zero-order valence-electron chi connectivity index (χ0n) is 8.39. The fraction of sp³-hybridized carbons (Fsp3) is 0.364. The predicted octanol–water partition coefficient (Wildman–Crippen LogP) is 0.302. The Hall–Kier alpha value is -1.55. The van der Waals surface area contributed by atoms with Gasteiger partial charge < -0.3 is 15.3 Å². The van der Waals surface area contributed by atoms with E-state index >= 15 is 0 Å². The number of β-amino-alcohol motifs (C(OH)–C–C–N with tert-alkyl or cyclic N) is 1. The van der Waals surface area contributed by atoms with Crippen molar-refractivity contribution in [3.63, 3.8) is 0 Å². The first-order valence-electron chi connectivity index (χ1n) is 5.00. The van der Waals surface area contributed by atoms with Gasteiger partial charge in [-0.1, -0.05) is 18.2 Å². The molecule has 0 atom stereocenters. The normalized spacial score (nSPS) is 15.9. The topological polar surface area (TPSA) is 52.6 Å². The molecular formula is C11H14N2O2. The number of benzene rings is 1. The second kappa shape index (κ2) is 4.31. The molecule has 0 unspecified atom stereocenters. The molecular weight excluding hydrogens is 192 g/mol. The van der Waals surface area contributed by atoms with Crippen LogP contribution in [0.25, 0.3) is 0 Å². The third-order valence-corrected chi connectivity index (χ3v) is 2.43. The summed E-state index contributed by atoms with van der Waals surface area (Å²) in [6.07, 6.45) is -0.328. The molecule has 0 spiro atoms. The number of aliphatic hydroxyl groups is 1. The molecule has 1 aliphatic heterocycles. The Balaban J connectivity index is 1.76. The lowest BCUT2D eigenvalue weighted by Crippen LogP contribution is -2.54. The van der Waals surface area contributed by atoms with Crippen molar-refractivity contribution in [3.8, 4) is 0 Å². The summed E-state index contributed by atoms with van der Waals surface area (Å²) in [4.78, 5) is 13.1. The quantitative estimate of drug-likeness (QED) is 0.748. The van der Waals surface area contributed by atoms with Crippen LogP contribution in [0.4, 0.5) is 5.69 Å². The number of carbonyl (C=O) groups excluding carboxylic acids is 1. The summed E-state index contributed by atoms with van der Waals surface area (Å²) in [5.74, 6) is 0.0316.